The zero-order chi connectivity index (χ0) is 10.0. The highest BCUT2D eigenvalue weighted by molar-refractivity contribution is 5.16. The Balaban J connectivity index is 3.04. The zero-order valence-electron chi connectivity index (χ0n) is 8.78. The van der Waals surface area contributed by atoms with Crippen LogP contribution in [-0.2, 0) is 6.73 Å². The van der Waals surface area contributed by atoms with Crippen LogP contribution in [0, 0.1) is 0 Å². The van der Waals surface area contributed by atoms with Gasteiger partial charge >= 0.3 is 0 Å². The average Bonchev–Trinajstić information content (AvgIpc) is 2.47. The fourth-order valence-corrected chi connectivity index (χ4v) is 1.31. The van der Waals surface area contributed by atoms with Crippen LogP contribution in [0.5, 0.6) is 0 Å². The lowest BCUT2D eigenvalue weighted by molar-refractivity contribution is 0.189. The van der Waals surface area contributed by atoms with E-state index in [2.05, 4.69) is 38.9 Å². The second-order valence-corrected chi connectivity index (χ2v) is 3.94. The molecule has 13 heavy (non-hydrogen) atoms. The maximum atomic E-state index is 9.06. The van der Waals surface area contributed by atoms with Gasteiger partial charge in [-0.2, -0.15) is 5.10 Å². The average molecular weight is 182 g/mol. The summed E-state index contributed by atoms with van der Waals surface area (Å²) in [5.41, 5.74) is 2.16. The van der Waals surface area contributed by atoms with Gasteiger partial charge in [-0.15, -0.1) is 0 Å². The van der Waals surface area contributed by atoms with E-state index in [9.17, 15) is 0 Å². The smallest absolute Gasteiger partial charge is 0.136 e. The minimum atomic E-state index is -0.0275. The Hall–Kier alpha value is -0.830. The summed E-state index contributed by atoms with van der Waals surface area (Å²) < 4.78 is 1.67. The van der Waals surface area contributed by atoms with E-state index in [-0.39, 0.29) is 6.73 Å². The van der Waals surface area contributed by atoms with Gasteiger partial charge in [0, 0.05) is 5.69 Å². The number of aliphatic hydroxyl groups excluding tert-OH is 1. The fraction of sp³-hybridized carbons (Fsp3) is 0.700. The van der Waals surface area contributed by atoms with Gasteiger partial charge in [0.05, 0.1) is 5.69 Å². The molecule has 0 saturated heterocycles. The van der Waals surface area contributed by atoms with E-state index in [4.69, 9.17) is 5.11 Å². The number of rotatable bonds is 3. The predicted molar refractivity (Wildman–Crippen MR) is 52.6 cm³/mol. The van der Waals surface area contributed by atoms with Crippen molar-refractivity contribution >= 4 is 0 Å². The van der Waals surface area contributed by atoms with E-state index in [1.165, 1.54) is 0 Å². The number of aliphatic hydroxyl groups is 1. The Bertz CT molecular complexity index is 276. The molecule has 0 unspecified atom stereocenters. The Labute approximate surface area is 79.4 Å². The van der Waals surface area contributed by atoms with Gasteiger partial charge in [-0.3, -0.25) is 0 Å². The molecule has 0 fully saturated rings. The zero-order valence-corrected chi connectivity index (χ0v) is 8.78. The third-order valence-corrected chi connectivity index (χ3v) is 2.15. The largest absolute Gasteiger partial charge is 0.374 e. The Morgan fingerprint density at radius 3 is 2.23 bits per heavy atom. The minimum Gasteiger partial charge on any atom is -0.374 e. The van der Waals surface area contributed by atoms with Gasteiger partial charge in [0.15, 0.2) is 0 Å². The molecule has 0 aliphatic heterocycles. The van der Waals surface area contributed by atoms with Crippen LogP contribution in [0.25, 0.3) is 0 Å². The number of hydrogen-bond donors (Lipinski definition) is 1. The summed E-state index contributed by atoms with van der Waals surface area (Å²) >= 11 is 0. The van der Waals surface area contributed by atoms with Gasteiger partial charge in [0.2, 0.25) is 0 Å². The molecule has 0 amide bonds. The minimum absolute atomic E-state index is 0.0275. The van der Waals surface area contributed by atoms with Crippen molar-refractivity contribution in [3.8, 4) is 0 Å². The first kappa shape index (κ1) is 10.3. The van der Waals surface area contributed by atoms with Gasteiger partial charge < -0.3 is 5.11 Å². The van der Waals surface area contributed by atoms with E-state index in [1.54, 1.807) is 4.68 Å². The molecule has 0 atom stereocenters. The molecule has 0 aliphatic rings. The summed E-state index contributed by atoms with van der Waals surface area (Å²) in [5.74, 6) is 0.831. The summed E-state index contributed by atoms with van der Waals surface area (Å²) in [7, 11) is 0. The lowest BCUT2D eigenvalue weighted by Crippen LogP contribution is -2.05. The highest BCUT2D eigenvalue weighted by Gasteiger charge is 2.11. The molecular weight excluding hydrogens is 164 g/mol. The van der Waals surface area contributed by atoms with E-state index < -0.39 is 0 Å². The molecule has 0 radical (unpaired) electrons. The van der Waals surface area contributed by atoms with E-state index in [1.807, 2.05) is 0 Å². The number of nitrogens with zero attached hydrogens (tertiary/aromatic N) is 2. The molecule has 1 rings (SSSR count). The van der Waals surface area contributed by atoms with Crippen LogP contribution in [0.2, 0.25) is 0 Å². The van der Waals surface area contributed by atoms with Crippen molar-refractivity contribution in [3.63, 3.8) is 0 Å². The molecule has 1 aromatic rings. The van der Waals surface area contributed by atoms with Crippen LogP contribution >= 0.6 is 0 Å². The first-order chi connectivity index (χ1) is 6.06. The lowest BCUT2D eigenvalue weighted by Gasteiger charge is -2.05. The van der Waals surface area contributed by atoms with Crippen molar-refractivity contribution < 1.29 is 5.11 Å². The Morgan fingerprint density at radius 2 is 1.92 bits per heavy atom. The summed E-state index contributed by atoms with van der Waals surface area (Å²) in [6.45, 7) is 8.39. The second-order valence-electron chi connectivity index (χ2n) is 3.94. The second kappa shape index (κ2) is 3.92. The number of hydrogen-bond acceptors (Lipinski definition) is 2. The van der Waals surface area contributed by atoms with Crippen molar-refractivity contribution in [1.82, 2.24) is 9.78 Å². The SMILES string of the molecule is CC(C)c1cc(C(C)C)n(CO)n1. The molecule has 3 nitrogen and oxygen atoms in total. The molecule has 0 bridgehead atoms. The molecule has 1 heterocycles. The highest BCUT2D eigenvalue weighted by Crippen LogP contribution is 2.20. The van der Waals surface area contributed by atoms with Gasteiger partial charge in [0.25, 0.3) is 0 Å². The normalized spacial score (nSPS) is 11.6. The van der Waals surface area contributed by atoms with Gasteiger partial charge in [-0.05, 0) is 17.9 Å². The maximum Gasteiger partial charge on any atom is 0.136 e. The lowest BCUT2D eigenvalue weighted by atomic mass is 10.1. The summed E-state index contributed by atoms with van der Waals surface area (Å²) in [6, 6.07) is 2.07. The Morgan fingerprint density at radius 1 is 1.31 bits per heavy atom. The quantitative estimate of drug-likeness (QED) is 0.777. The molecule has 1 aromatic heterocycles. The summed E-state index contributed by atoms with van der Waals surface area (Å²) in [4.78, 5) is 0. The van der Waals surface area contributed by atoms with Gasteiger partial charge in [-0.1, -0.05) is 27.7 Å². The monoisotopic (exact) mass is 182 g/mol. The number of aromatic nitrogens is 2. The van der Waals surface area contributed by atoms with Crippen molar-refractivity contribution in [2.24, 2.45) is 0 Å². The third-order valence-electron chi connectivity index (χ3n) is 2.15. The van der Waals surface area contributed by atoms with Gasteiger partial charge in [0.1, 0.15) is 6.73 Å². The van der Waals surface area contributed by atoms with Crippen molar-refractivity contribution in [2.75, 3.05) is 0 Å². The predicted octanol–water partition coefficient (Wildman–Crippen LogP) is 2.08. The summed E-state index contributed by atoms with van der Waals surface area (Å²) in [5, 5.41) is 13.4. The standard InChI is InChI=1S/C10H18N2O/c1-7(2)9-5-10(8(3)4)12(6-13)11-9/h5,7-8,13H,6H2,1-4H3. The summed E-state index contributed by atoms with van der Waals surface area (Å²) in [6.07, 6.45) is 0. The molecule has 0 aromatic carbocycles. The van der Waals surface area contributed by atoms with Crippen LogP contribution in [0.3, 0.4) is 0 Å². The van der Waals surface area contributed by atoms with E-state index in [0.717, 1.165) is 11.4 Å². The molecular formula is C10H18N2O. The van der Waals surface area contributed by atoms with Crippen LogP contribution in [0.1, 0.15) is 50.9 Å². The molecule has 0 saturated carbocycles. The van der Waals surface area contributed by atoms with Crippen molar-refractivity contribution in [2.45, 2.75) is 46.3 Å². The molecule has 0 spiro atoms. The van der Waals surface area contributed by atoms with Crippen molar-refractivity contribution in [3.05, 3.63) is 17.5 Å². The first-order valence-electron chi connectivity index (χ1n) is 4.74. The topological polar surface area (TPSA) is 38.0 Å². The Kier molecular flexibility index (Phi) is 3.09. The first-order valence-corrected chi connectivity index (χ1v) is 4.74. The molecule has 1 N–H and O–H groups in total. The highest BCUT2D eigenvalue weighted by atomic mass is 16.3. The molecule has 0 aliphatic carbocycles. The molecule has 3 heteroatoms. The van der Waals surface area contributed by atoms with Crippen LogP contribution in [-0.4, -0.2) is 14.9 Å². The molecule has 74 valence electrons. The third kappa shape index (κ3) is 2.10. The van der Waals surface area contributed by atoms with Crippen molar-refractivity contribution in [1.29, 1.82) is 0 Å². The van der Waals surface area contributed by atoms with Crippen LogP contribution < -0.4 is 0 Å². The van der Waals surface area contributed by atoms with E-state index >= 15 is 0 Å². The maximum absolute atomic E-state index is 9.06. The van der Waals surface area contributed by atoms with Gasteiger partial charge in [-0.25, -0.2) is 4.68 Å². The van der Waals surface area contributed by atoms with E-state index in [0.29, 0.717) is 11.8 Å². The van der Waals surface area contributed by atoms with Crippen LogP contribution in [0.15, 0.2) is 6.07 Å². The van der Waals surface area contributed by atoms with Crippen LogP contribution in [0.4, 0.5) is 0 Å². The fourth-order valence-electron chi connectivity index (χ4n) is 1.31.